The van der Waals surface area contributed by atoms with E-state index in [9.17, 15) is 9.90 Å². The van der Waals surface area contributed by atoms with Gasteiger partial charge in [0.2, 0.25) is 0 Å². The van der Waals surface area contributed by atoms with E-state index in [0.717, 1.165) is 36.9 Å². The molecule has 1 heterocycles. The maximum Gasteiger partial charge on any atom is 0.339 e. The number of aromatic carboxylic acids is 1. The molecule has 1 aliphatic carbocycles. The maximum atomic E-state index is 11.4. The van der Waals surface area contributed by atoms with E-state index >= 15 is 0 Å². The number of pyridine rings is 1. The van der Waals surface area contributed by atoms with Crippen molar-refractivity contribution in [3.63, 3.8) is 0 Å². The monoisotopic (exact) mass is 292 g/mol. The zero-order chi connectivity index (χ0) is 15.5. The first kappa shape index (κ1) is 15.8. The lowest BCUT2D eigenvalue weighted by Crippen LogP contribution is -2.34. The van der Waals surface area contributed by atoms with E-state index in [0.29, 0.717) is 19.0 Å². The van der Waals surface area contributed by atoms with Crippen molar-refractivity contribution in [3.05, 3.63) is 22.9 Å². The molecule has 0 unspecified atom stereocenters. The van der Waals surface area contributed by atoms with Crippen molar-refractivity contribution in [2.45, 2.75) is 52.1 Å². The van der Waals surface area contributed by atoms with Gasteiger partial charge in [-0.25, -0.2) is 9.78 Å². The van der Waals surface area contributed by atoms with Gasteiger partial charge < -0.3 is 15.2 Å². The Hall–Kier alpha value is -1.62. The summed E-state index contributed by atoms with van der Waals surface area (Å²) in [6.45, 7) is 7.04. The molecule has 0 radical (unpaired) electrons. The quantitative estimate of drug-likeness (QED) is 0.843. The number of ether oxygens (including phenoxy) is 1. The van der Waals surface area contributed by atoms with Gasteiger partial charge in [0, 0.05) is 18.8 Å². The van der Waals surface area contributed by atoms with Crippen LogP contribution in [-0.2, 0) is 17.6 Å². The number of hydrogen-bond donors (Lipinski definition) is 2. The third-order valence-electron chi connectivity index (χ3n) is 3.75. The molecular weight excluding hydrogens is 268 g/mol. The average Bonchev–Trinajstić information content (AvgIpc) is 2.44. The topological polar surface area (TPSA) is 71.5 Å². The van der Waals surface area contributed by atoms with Gasteiger partial charge in [-0.05, 0) is 58.1 Å². The van der Waals surface area contributed by atoms with E-state index in [1.54, 1.807) is 6.07 Å². The Morgan fingerprint density at radius 2 is 2.14 bits per heavy atom. The Bertz CT molecular complexity index is 526. The van der Waals surface area contributed by atoms with Gasteiger partial charge in [0.25, 0.3) is 0 Å². The molecule has 0 spiro atoms. The molecular formula is C16H24N2O3. The highest BCUT2D eigenvalue weighted by atomic mass is 16.5. The predicted molar refractivity (Wildman–Crippen MR) is 82.0 cm³/mol. The molecule has 1 aromatic heterocycles. The molecule has 0 aliphatic heterocycles. The third kappa shape index (κ3) is 3.94. The maximum absolute atomic E-state index is 11.4. The van der Waals surface area contributed by atoms with Gasteiger partial charge in [-0.15, -0.1) is 0 Å². The van der Waals surface area contributed by atoms with Crippen molar-refractivity contribution >= 4 is 11.8 Å². The number of nitrogens with zero attached hydrogens (tertiary/aromatic N) is 1. The number of hydrogen-bond acceptors (Lipinski definition) is 4. The number of carboxylic acids is 1. The normalized spacial score (nSPS) is 14.6. The van der Waals surface area contributed by atoms with Crippen LogP contribution in [0.4, 0.5) is 5.82 Å². The second-order valence-electron chi connectivity index (χ2n) is 6.05. The van der Waals surface area contributed by atoms with E-state index < -0.39 is 5.97 Å². The Morgan fingerprint density at radius 3 is 2.81 bits per heavy atom. The minimum Gasteiger partial charge on any atom is -0.478 e. The van der Waals surface area contributed by atoms with Gasteiger partial charge in [-0.3, -0.25) is 0 Å². The number of nitrogens with one attached hydrogen (secondary N) is 1. The SMILES string of the molecule is CCOC(C)(C)CNc1nc2c(cc1C(=O)O)CCCC2. The van der Waals surface area contributed by atoms with E-state index in [1.165, 1.54) is 0 Å². The Kier molecular flexibility index (Phi) is 4.83. The molecule has 116 valence electrons. The van der Waals surface area contributed by atoms with Gasteiger partial charge in [-0.1, -0.05) is 0 Å². The Labute approximate surface area is 125 Å². The molecule has 0 atom stereocenters. The van der Waals surface area contributed by atoms with Crippen LogP contribution in [0.2, 0.25) is 0 Å². The average molecular weight is 292 g/mol. The zero-order valence-electron chi connectivity index (χ0n) is 13.0. The number of fused-ring (bicyclic) bond motifs is 1. The van der Waals surface area contributed by atoms with E-state index in [-0.39, 0.29) is 11.2 Å². The molecule has 5 nitrogen and oxygen atoms in total. The van der Waals surface area contributed by atoms with Crippen LogP contribution in [0.1, 0.15) is 55.2 Å². The Morgan fingerprint density at radius 1 is 1.43 bits per heavy atom. The van der Waals surface area contributed by atoms with Crippen LogP contribution in [0.25, 0.3) is 0 Å². The predicted octanol–water partition coefficient (Wildman–Crippen LogP) is 2.89. The fourth-order valence-electron chi connectivity index (χ4n) is 2.67. The van der Waals surface area contributed by atoms with Crippen LogP contribution in [-0.4, -0.2) is 34.8 Å². The highest BCUT2D eigenvalue weighted by Crippen LogP contribution is 2.25. The highest BCUT2D eigenvalue weighted by Gasteiger charge is 2.22. The van der Waals surface area contributed by atoms with Gasteiger partial charge in [0.1, 0.15) is 11.4 Å². The van der Waals surface area contributed by atoms with Gasteiger partial charge >= 0.3 is 5.97 Å². The third-order valence-corrected chi connectivity index (χ3v) is 3.75. The number of aryl methyl sites for hydroxylation is 2. The molecule has 2 N–H and O–H groups in total. The fraction of sp³-hybridized carbons (Fsp3) is 0.625. The summed E-state index contributed by atoms with van der Waals surface area (Å²) >= 11 is 0. The first-order valence-corrected chi connectivity index (χ1v) is 7.57. The largest absolute Gasteiger partial charge is 0.478 e. The van der Waals surface area contributed by atoms with Crippen LogP contribution < -0.4 is 5.32 Å². The number of anilines is 1. The van der Waals surface area contributed by atoms with Crippen molar-refractivity contribution in [3.8, 4) is 0 Å². The summed E-state index contributed by atoms with van der Waals surface area (Å²) in [7, 11) is 0. The lowest BCUT2D eigenvalue weighted by molar-refractivity contribution is 0.000597. The first-order valence-electron chi connectivity index (χ1n) is 7.57. The minimum atomic E-state index is -0.937. The molecule has 1 aliphatic rings. The van der Waals surface area contributed by atoms with Crippen molar-refractivity contribution in [2.24, 2.45) is 0 Å². The number of rotatable bonds is 6. The summed E-state index contributed by atoms with van der Waals surface area (Å²) < 4.78 is 5.63. The molecule has 2 rings (SSSR count). The molecule has 0 bridgehead atoms. The van der Waals surface area contributed by atoms with Crippen LogP contribution >= 0.6 is 0 Å². The van der Waals surface area contributed by atoms with Crippen molar-refractivity contribution in [1.82, 2.24) is 4.98 Å². The smallest absolute Gasteiger partial charge is 0.339 e. The van der Waals surface area contributed by atoms with Crippen LogP contribution in [0.5, 0.6) is 0 Å². The molecule has 1 aromatic rings. The van der Waals surface area contributed by atoms with E-state index in [1.807, 2.05) is 20.8 Å². The van der Waals surface area contributed by atoms with Crippen LogP contribution in [0.3, 0.4) is 0 Å². The molecule has 21 heavy (non-hydrogen) atoms. The van der Waals surface area contributed by atoms with Gasteiger partial charge in [-0.2, -0.15) is 0 Å². The van der Waals surface area contributed by atoms with Crippen molar-refractivity contribution in [1.29, 1.82) is 0 Å². The molecule has 0 amide bonds. The second kappa shape index (κ2) is 6.43. The number of carbonyl (C=O) groups is 1. The summed E-state index contributed by atoms with van der Waals surface area (Å²) in [5.41, 5.74) is 2.00. The zero-order valence-corrected chi connectivity index (χ0v) is 13.0. The summed E-state index contributed by atoms with van der Waals surface area (Å²) in [5.74, 6) is -0.483. The molecule has 0 aromatic carbocycles. The number of aromatic nitrogens is 1. The summed E-state index contributed by atoms with van der Waals surface area (Å²) in [6.07, 6.45) is 4.08. The first-order chi connectivity index (χ1) is 9.93. The summed E-state index contributed by atoms with van der Waals surface area (Å²) in [5, 5.41) is 12.5. The summed E-state index contributed by atoms with van der Waals surface area (Å²) in [6, 6.07) is 1.78. The van der Waals surface area contributed by atoms with Crippen LogP contribution in [0.15, 0.2) is 6.07 Å². The van der Waals surface area contributed by atoms with Crippen LogP contribution in [0, 0.1) is 0 Å². The molecule has 0 saturated heterocycles. The minimum absolute atomic E-state index is 0.253. The van der Waals surface area contributed by atoms with E-state index in [4.69, 9.17) is 4.74 Å². The van der Waals surface area contributed by atoms with Gasteiger partial charge in [0.05, 0.1) is 5.60 Å². The van der Waals surface area contributed by atoms with Crippen molar-refractivity contribution in [2.75, 3.05) is 18.5 Å². The van der Waals surface area contributed by atoms with Crippen molar-refractivity contribution < 1.29 is 14.6 Å². The lowest BCUT2D eigenvalue weighted by Gasteiger charge is -2.26. The fourth-order valence-corrected chi connectivity index (χ4v) is 2.67. The second-order valence-corrected chi connectivity index (χ2v) is 6.05. The standard InChI is InChI=1S/C16H24N2O3/c1-4-21-16(2,3)10-17-14-12(15(19)20)9-11-7-5-6-8-13(11)18-14/h9H,4-8,10H2,1-3H3,(H,17,18)(H,19,20). The van der Waals surface area contributed by atoms with E-state index in [2.05, 4.69) is 10.3 Å². The summed E-state index contributed by atoms with van der Waals surface area (Å²) in [4.78, 5) is 16.0. The highest BCUT2D eigenvalue weighted by molar-refractivity contribution is 5.93. The van der Waals surface area contributed by atoms with Gasteiger partial charge in [0.15, 0.2) is 0 Å². The molecule has 0 fully saturated rings. The Balaban J connectivity index is 2.23. The molecule has 5 heteroatoms. The lowest BCUT2D eigenvalue weighted by atomic mass is 9.94. The number of carboxylic acid groups (broad SMARTS) is 1. The molecule has 0 saturated carbocycles.